The van der Waals surface area contributed by atoms with Gasteiger partial charge in [-0.1, -0.05) is 0 Å². The first kappa shape index (κ1) is 20.2. The third-order valence-corrected chi connectivity index (χ3v) is 3.77. The molecule has 0 saturated heterocycles. The third-order valence-electron chi connectivity index (χ3n) is 3.77. The monoisotopic (exact) mass is 377 g/mol. The van der Waals surface area contributed by atoms with Crippen molar-refractivity contribution in [3.05, 3.63) is 44.7 Å². The molecule has 1 amide bonds. The topological polar surface area (TPSA) is 104 Å². The molecule has 0 aliphatic carbocycles. The number of carbonyl (C=O) groups is 1. The second-order valence-corrected chi connectivity index (χ2v) is 7.12. The fourth-order valence-electron chi connectivity index (χ4n) is 2.38. The van der Waals surface area contributed by atoms with Crippen molar-refractivity contribution < 1.29 is 19.2 Å². The lowest BCUT2D eigenvalue weighted by atomic mass is 10.2. The van der Waals surface area contributed by atoms with Crippen molar-refractivity contribution in [3.63, 3.8) is 0 Å². The van der Waals surface area contributed by atoms with Crippen LogP contribution in [0.2, 0.25) is 0 Å². The van der Waals surface area contributed by atoms with Crippen LogP contribution in [-0.4, -0.2) is 46.3 Å². The molecular formula is C18H23N3O6. The minimum Gasteiger partial charge on any atom is -0.486 e. The molecule has 0 atom stereocenters. The van der Waals surface area contributed by atoms with Gasteiger partial charge in [0.05, 0.1) is 17.0 Å². The van der Waals surface area contributed by atoms with E-state index in [1.807, 2.05) is 0 Å². The highest BCUT2D eigenvalue weighted by molar-refractivity contribution is 5.82. The van der Waals surface area contributed by atoms with Gasteiger partial charge in [-0.25, -0.2) is 4.79 Å². The zero-order valence-electron chi connectivity index (χ0n) is 16.0. The number of aryl methyl sites for hydroxylation is 1. The Kier molecular flexibility index (Phi) is 5.72. The van der Waals surface area contributed by atoms with Crippen LogP contribution in [0.25, 0.3) is 10.9 Å². The number of aromatic nitrogens is 1. The molecule has 27 heavy (non-hydrogen) atoms. The molecule has 0 saturated carbocycles. The zero-order chi connectivity index (χ0) is 20.4. The van der Waals surface area contributed by atoms with Gasteiger partial charge in [-0.3, -0.25) is 14.9 Å². The molecule has 9 nitrogen and oxygen atoms in total. The zero-order valence-corrected chi connectivity index (χ0v) is 16.0. The summed E-state index contributed by atoms with van der Waals surface area (Å²) >= 11 is 0. The number of hydrogen-bond donors (Lipinski definition) is 0. The summed E-state index contributed by atoms with van der Waals surface area (Å²) in [4.78, 5) is 36.1. The molecule has 0 bridgehead atoms. The summed E-state index contributed by atoms with van der Waals surface area (Å²) in [5.74, 6) is 0.0584. The van der Waals surface area contributed by atoms with Gasteiger partial charge in [0.15, 0.2) is 5.75 Å². The molecule has 0 unspecified atom stereocenters. The predicted octanol–water partition coefficient (Wildman–Crippen LogP) is 2.69. The maximum atomic E-state index is 12.4. The summed E-state index contributed by atoms with van der Waals surface area (Å²) in [6.45, 7) is 5.60. The van der Waals surface area contributed by atoms with Gasteiger partial charge in [0, 0.05) is 31.6 Å². The second kappa shape index (κ2) is 7.65. The van der Waals surface area contributed by atoms with Gasteiger partial charge in [-0.15, -0.1) is 0 Å². The number of rotatable bonds is 5. The highest BCUT2D eigenvalue weighted by atomic mass is 16.6. The quantitative estimate of drug-likeness (QED) is 0.586. The van der Waals surface area contributed by atoms with E-state index < -0.39 is 16.6 Å². The van der Waals surface area contributed by atoms with E-state index in [0.717, 1.165) is 0 Å². The summed E-state index contributed by atoms with van der Waals surface area (Å²) in [6, 6.07) is 5.72. The number of hydrogen-bond acceptors (Lipinski definition) is 6. The number of fused-ring (bicyclic) bond motifs is 1. The predicted molar refractivity (Wildman–Crippen MR) is 100 cm³/mol. The van der Waals surface area contributed by atoms with Crippen molar-refractivity contribution in [1.82, 2.24) is 9.47 Å². The van der Waals surface area contributed by atoms with Crippen molar-refractivity contribution in [2.45, 2.75) is 26.4 Å². The number of nitro groups is 1. The number of likely N-dealkylation sites (N-methyl/N-ethyl adjacent to an activating group) is 1. The van der Waals surface area contributed by atoms with Gasteiger partial charge in [-0.05, 0) is 32.9 Å². The van der Waals surface area contributed by atoms with Crippen LogP contribution in [0, 0.1) is 10.1 Å². The number of nitrogens with zero attached hydrogens (tertiary/aromatic N) is 3. The van der Waals surface area contributed by atoms with E-state index in [0.29, 0.717) is 10.9 Å². The van der Waals surface area contributed by atoms with Crippen LogP contribution in [0.1, 0.15) is 20.8 Å². The number of pyridine rings is 1. The Bertz CT molecular complexity index is 929. The Balaban J connectivity index is 2.14. The highest BCUT2D eigenvalue weighted by Crippen LogP contribution is 2.22. The standard InChI is InChI=1S/C18H23N3O6/c1-18(2,3)27-17(23)19(4)8-9-26-15-11-12-10-13(21(24)25)6-7-14(12)20(5)16(15)22/h6-7,10-11H,8-9H2,1-5H3. The number of non-ortho nitro benzene ring substituents is 1. The van der Waals surface area contributed by atoms with Gasteiger partial charge in [0.2, 0.25) is 0 Å². The fourth-order valence-corrected chi connectivity index (χ4v) is 2.38. The Morgan fingerprint density at radius 2 is 1.96 bits per heavy atom. The molecule has 1 aromatic heterocycles. The van der Waals surface area contributed by atoms with Crippen LogP contribution >= 0.6 is 0 Å². The van der Waals surface area contributed by atoms with Gasteiger partial charge < -0.3 is 18.9 Å². The van der Waals surface area contributed by atoms with E-state index in [2.05, 4.69) is 0 Å². The van der Waals surface area contributed by atoms with Gasteiger partial charge in [-0.2, -0.15) is 0 Å². The molecule has 1 aromatic carbocycles. The molecule has 2 rings (SSSR count). The number of carbonyl (C=O) groups excluding carboxylic acids is 1. The van der Waals surface area contributed by atoms with Crippen molar-refractivity contribution in [2.75, 3.05) is 20.2 Å². The number of amides is 1. The molecule has 0 spiro atoms. The van der Waals surface area contributed by atoms with E-state index in [-0.39, 0.29) is 30.1 Å². The van der Waals surface area contributed by atoms with Gasteiger partial charge in [0.25, 0.3) is 11.2 Å². The first-order chi connectivity index (χ1) is 12.5. The lowest BCUT2D eigenvalue weighted by molar-refractivity contribution is -0.384. The van der Waals surface area contributed by atoms with E-state index in [9.17, 15) is 19.7 Å². The Morgan fingerprint density at radius 3 is 2.56 bits per heavy atom. The summed E-state index contributed by atoms with van der Waals surface area (Å²) in [6.07, 6.45) is -0.492. The molecular weight excluding hydrogens is 354 g/mol. The smallest absolute Gasteiger partial charge is 0.410 e. The molecule has 146 valence electrons. The van der Waals surface area contributed by atoms with E-state index >= 15 is 0 Å². The summed E-state index contributed by atoms with van der Waals surface area (Å²) in [5, 5.41) is 11.5. The molecule has 9 heteroatoms. The number of benzene rings is 1. The van der Waals surface area contributed by atoms with Crippen molar-refractivity contribution in [3.8, 4) is 5.75 Å². The maximum Gasteiger partial charge on any atom is 0.410 e. The summed E-state index contributed by atoms with van der Waals surface area (Å²) in [5.41, 5.74) is -0.480. The van der Waals surface area contributed by atoms with Gasteiger partial charge in [0.1, 0.15) is 12.2 Å². The average Bonchev–Trinajstić information content (AvgIpc) is 2.56. The molecule has 0 fully saturated rings. The SMILES string of the molecule is CN(CCOc1cc2cc([N+](=O)[O-])ccc2n(C)c1=O)C(=O)OC(C)(C)C. The second-order valence-electron chi connectivity index (χ2n) is 7.12. The lowest BCUT2D eigenvalue weighted by Gasteiger charge is -2.24. The van der Waals surface area contributed by atoms with Crippen LogP contribution in [-0.2, 0) is 11.8 Å². The minimum atomic E-state index is -0.602. The molecule has 0 aliphatic heterocycles. The molecule has 2 aromatic rings. The number of nitro benzene ring substituents is 1. The molecule has 0 aliphatic rings. The maximum absolute atomic E-state index is 12.4. The lowest BCUT2D eigenvalue weighted by Crippen LogP contribution is -2.36. The van der Waals surface area contributed by atoms with Crippen LogP contribution in [0.4, 0.5) is 10.5 Å². The average molecular weight is 377 g/mol. The van der Waals surface area contributed by atoms with Crippen LogP contribution in [0.15, 0.2) is 29.1 Å². The summed E-state index contributed by atoms with van der Waals surface area (Å²) in [7, 11) is 3.13. The minimum absolute atomic E-state index is 0.0584. The normalized spacial score (nSPS) is 11.3. The fraction of sp³-hybridized carbons (Fsp3) is 0.444. The van der Waals surface area contributed by atoms with E-state index in [1.165, 1.54) is 33.7 Å². The third kappa shape index (κ3) is 4.96. The molecule has 0 N–H and O–H groups in total. The largest absolute Gasteiger partial charge is 0.486 e. The molecule has 1 heterocycles. The Labute approximate surface area is 156 Å². The number of ether oxygens (including phenoxy) is 2. The van der Waals surface area contributed by atoms with Crippen LogP contribution in [0.3, 0.4) is 0 Å². The van der Waals surface area contributed by atoms with Crippen LogP contribution in [0.5, 0.6) is 5.75 Å². The van der Waals surface area contributed by atoms with E-state index in [1.54, 1.807) is 34.9 Å². The first-order valence-electron chi connectivity index (χ1n) is 8.34. The van der Waals surface area contributed by atoms with Crippen molar-refractivity contribution in [2.24, 2.45) is 7.05 Å². The summed E-state index contributed by atoms with van der Waals surface area (Å²) < 4.78 is 12.1. The first-order valence-corrected chi connectivity index (χ1v) is 8.34. The molecule has 0 radical (unpaired) electrons. The van der Waals surface area contributed by atoms with E-state index in [4.69, 9.17) is 9.47 Å². The Hall–Kier alpha value is -3.10. The van der Waals surface area contributed by atoms with Gasteiger partial charge >= 0.3 is 6.09 Å². The van der Waals surface area contributed by atoms with Crippen LogP contribution < -0.4 is 10.3 Å². The Morgan fingerprint density at radius 1 is 1.30 bits per heavy atom. The van der Waals surface area contributed by atoms with Crippen molar-refractivity contribution in [1.29, 1.82) is 0 Å². The van der Waals surface area contributed by atoms with Crippen molar-refractivity contribution >= 4 is 22.7 Å². The highest BCUT2D eigenvalue weighted by Gasteiger charge is 2.19.